The molecule has 7 nitrogen and oxygen atoms in total. The van der Waals surface area contributed by atoms with Gasteiger partial charge in [-0.3, -0.25) is 9.13 Å². The summed E-state index contributed by atoms with van der Waals surface area (Å²) >= 11 is 0. The Morgan fingerprint density at radius 3 is 2.48 bits per heavy atom. The molecule has 2 heterocycles. The Morgan fingerprint density at radius 1 is 1.22 bits per heavy atom. The van der Waals surface area contributed by atoms with Crippen molar-refractivity contribution in [2.24, 2.45) is 14.1 Å². The van der Waals surface area contributed by atoms with Crippen molar-refractivity contribution in [3.05, 3.63) is 28.7 Å². The van der Waals surface area contributed by atoms with Crippen molar-refractivity contribution in [2.45, 2.75) is 17.4 Å². The van der Waals surface area contributed by atoms with Crippen LogP contribution >= 0.6 is 12.4 Å². The highest BCUT2D eigenvalue weighted by Crippen LogP contribution is 2.23. The Labute approximate surface area is 141 Å². The molecule has 1 aliphatic heterocycles. The van der Waals surface area contributed by atoms with Crippen LogP contribution in [0.2, 0.25) is 0 Å². The van der Waals surface area contributed by atoms with E-state index in [0.29, 0.717) is 12.1 Å². The van der Waals surface area contributed by atoms with Gasteiger partial charge in [-0.1, -0.05) is 0 Å². The van der Waals surface area contributed by atoms with E-state index < -0.39 is 10.0 Å². The fraction of sp³-hybridized carbons (Fsp3) is 0.500. The van der Waals surface area contributed by atoms with Crippen LogP contribution < -0.4 is 11.0 Å². The van der Waals surface area contributed by atoms with Gasteiger partial charge in [0.05, 0.1) is 15.9 Å². The molecule has 9 heteroatoms. The normalized spacial score (nSPS) is 18.5. The SMILES string of the molecule is CN(C1CCNC1)S(=O)(=O)c1ccc2c(c1)n(C)c(=O)n2C.Cl. The molecule has 1 fully saturated rings. The molecule has 1 aromatic carbocycles. The first-order chi connectivity index (χ1) is 10.3. The summed E-state index contributed by atoms with van der Waals surface area (Å²) < 4.78 is 29.9. The van der Waals surface area contributed by atoms with Gasteiger partial charge in [-0.25, -0.2) is 13.2 Å². The molecule has 1 aliphatic rings. The summed E-state index contributed by atoms with van der Waals surface area (Å²) in [4.78, 5) is 12.2. The van der Waals surface area contributed by atoms with Crippen molar-refractivity contribution in [3.8, 4) is 0 Å². The number of halogens is 1. The number of nitrogens with one attached hydrogen (secondary N) is 1. The Hall–Kier alpha value is -1.35. The van der Waals surface area contributed by atoms with E-state index in [2.05, 4.69) is 5.32 Å². The fourth-order valence-corrected chi connectivity index (χ4v) is 4.36. The molecule has 23 heavy (non-hydrogen) atoms. The van der Waals surface area contributed by atoms with Crippen molar-refractivity contribution in [2.75, 3.05) is 20.1 Å². The molecule has 1 saturated heterocycles. The van der Waals surface area contributed by atoms with Crippen molar-refractivity contribution in [1.82, 2.24) is 18.8 Å². The van der Waals surface area contributed by atoms with Crippen LogP contribution in [0.3, 0.4) is 0 Å². The highest BCUT2D eigenvalue weighted by atomic mass is 35.5. The first-order valence-electron chi connectivity index (χ1n) is 7.18. The van der Waals surface area contributed by atoms with E-state index in [-0.39, 0.29) is 29.0 Å². The summed E-state index contributed by atoms with van der Waals surface area (Å²) in [6.45, 7) is 1.50. The maximum atomic E-state index is 12.8. The Morgan fingerprint density at radius 2 is 1.87 bits per heavy atom. The average molecular weight is 361 g/mol. The average Bonchev–Trinajstić information content (AvgIpc) is 3.11. The van der Waals surface area contributed by atoms with Gasteiger partial charge in [0.1, 0.15) is 0 Å². The first kappa shape index (κ1) is 18.0. The maximum absolute atomic E-state index is 12.8. The van der Waals surface area contributed by atoms with Gasteiger partial charge >= 0.3 is 5.69 Å². The van der Waals surface area contributed by atoms with Gasteiger partial charge in [0.2, 0.25) is 10.0 Å². The molecular weight excluding hydrogens is 340 g/mol. The number of benzene rings is 1. The molecule has 0 radical (unpaired) electrons. The van der Waals surface area contributed by atoms with Crippen molar-refractivity contribution >= 4 is 33.5 Å². The van der Waals surface area contributed by atoms with E-state index in [1.807, 2.05) is 0 Å². The van der Waals surface area contributed by atoms with E-state index in [9.17, 15) is 13.2 Å². The summed E-state index contributed by atoms with van der Waals surface area (Å²) in [6, 6.07) is 4.80. The van der Waals surface area contributed by atoms with Crippen LogP contribution in [0, 0.1) is 0 Å². The first-order valence-corrected chi connectivity index (χ1v) is 8.62. The standard InChI is InChI=1S/C14H20N4O3S.ClH/c1-16-12-5-4-11(8-13(12)17(2)14(16)19)22(20,21)18(3)10-6-7-15-9-10;/h4-5,8,10,15H,6-7,9H2,1-3H3;1H. The lowest BCUT2D eigenvalue weighted by atomic mass is 10.3. The molecule has 0 saturated carbocycles. The predicted octanol–water partition coefficient (Wildman–Crippen LogP) is 0.281. The smallest absolute Gasteiger partial charge is 0.315 e. The topological polar surface area (TPSA) is 76.3 Å². The van der Waals surface area contributed by atoms with Crippen molar-refractivity contribution in [3.63, 3.8) is 0 Å². The van der Waals surface area contributed by atoms with Crippen molar-refractivity contribution in [1.29, 1.82) is 0 Å². The Kier molecular flexibility index (Phi) is 4.91. The van der Waals surface area contributed by atoms with E-state index in [1.54, 1.807) is 39.3 Å². The van der Waals surface area contributed by atoms with Crippen LogP contribution in [0.5, 0.6) is 0 Å². The number of aromatic nitrogens is 2. The number of imidazole rings is 1. The largest absolute Gasteiger partial charge is 0.328 e. The number of hydrogen-bond donors (Lipinski definition) is 1. The molecule has 1 atom stereocenters. The number of hydrogen-bond acceptors (Lipinski definition) is 4. The minimum atomic E-state index is -3.57. The van der Waals surface area contributed by atoms with E-state index in [1.165, 1.54) is 13.4 Å². The minimum absolute atomic E-state index is 0. The van der Waals surface area contributed by atoms with E-state index in [0.717, 1.165) is 18.5 Å². The van der Waals surface area contributed by atoms with Gasteiger partial charge in [0.15, 0.2) is 0 Å². The van der Waals surface area contributed by atoms with Crippen LogP contribution in [0.4, 0.5) is 0 Å². The second-order valence-electron chi connectivity index (χ2n) is 5.72. The van der Waals surface area contributed by atoms with Crippen LogP contribution in [-0.4, -0.2) is 48.0 Å². The summed E-state index contributed by atoms with van der Waals surface area (Å²) in [5.41, 5.74) is 1.17. The highest BCUT2D eigenvalue weighted by molar-refractivity contribution is 7.89. The monoisotopic (exact) mass is 360 g/mol. The van der Waals surface area contributed by atoms with Crippen LogP contribution in [-0.2, 0) is 24.1 Å². The summed E-state index contributed by atoms with van der Waals surface area (Å²) in [5.74, 6) is 0. The molecule has 0 amide bonds. The predicted molar refractivity (Wildman–Crippen MR) is 91.6 cm³/mol. The zero-order valence-corrected chi connectivity index (χ0v) is 14.9. The lowest BCUT2D eigenvalue weighted by molar-refractivity contribution is 0.388. The lowest BCUT2D eigenvalue weighted by Gasteiger charge is -2.23. The second-order valence-corrected chi connectivity index (χ2v) is 7.72. The number of nitrogens with zero attached hydrogens (tertiary/aromatic N) is 3. The molecule has 1 aromatic heterocycles. The number of rotatable bonds is 3. The molecule has 0 aliphatic carbocycles. The van der Waals surface area contributed by atoms with Gasteiger partial charge in [0.25, 0.3) is 0 Å². The maximum Gasteiger partial charge on any atom is 0.328 e. The molecule has 2 aromatic rings. The van der Waals surface area contributed by atoms with Gasteiger partial charge in [0, 0.05) is 33.7 Å². The molecule has 0 spiro atoms. The summed E-state index contributed by atoms with van der Waals surface area (Å²) in [5, 5.41) is 3.17. The van der Waals surface area contributed by atoms with Crippen LogP contribution in [0.1, 0.15) is 6.42 Å². The number of aryl methyl sites for hydroxylation is 2. The fourth-order valence-electron chi connectivity index (χ4n) is 2.96. The lowest BCUT2D eigenvalue weighted by Crippen LogP contribution is -2.38. The van der Waals surface area contributed by atoms with Gasteiger partial charge in [-0.05, 0) is 31.2 Å². The third kappa shape index (κ3) is 2.80. The van der Waals surface area contributed by atoms with Crippen LogP contribution in [0.15, 0.2) is 27.9 Å². The molecule has 128 valence electrons. The highest BCUT2D eigenvalue weighted by Gasteiger charge is 2.30. The number of fused-ring (bicyclic) bond motifs is 1. The van der Waals surface area contributed by atoms with Gasteiger partial charge in [-0.15, -0.1) is 12.4 Å². The summed E-state index contributed by atoms with van der Waals surface area (Å²) in [6.07, 6.45) is 0.807. The number of sulfonamides is 1. The van der Waals surface area contributed by atoms with Gasteiger partial charge in [-0.2, -0.15) is 4.31 Å². The molecule has 3 rings (SSSR count). The zero-order valence-electron chi connectivity index (χ0n) is 13.3. The summed E-state index contributed by atoms with van der Waals surface area (Å²) in [7, 11) is 1.37. The molecule has 1 unspecified atom stereocenters. The second kappa shape index (κ2) is 6.27. The molecule has 1 N–H and O–H groups in total. The van der Waals surface area contributed by atoms with E-state index >= 15 is 0 Å². The number of likely N-dealkylation sites (N-methyl/N-ethyl adjacent to an activating group) is 1. The molecular formula is C14H21ClN4O3S. The Bertz CT molecular complexity index is 881. The van der Waals surface area contributed by atoms with Crippen LogP contribution in [0.25, 0.3) is 11.0 Å². The van der Waals surface area contributed by atoms with Crippen molar-refractivity contribution < 1.29 is 8.42 Å². The molecule has 0 bridgehead atoms. The zero-order chi connectivity index (χ0) is 16.1. The van der Waals surface area contributed by atoms with E-state index in [4.69, 9.17) is 0 Å². The van der Waals surface area contributed by atoms with Gasteiger partial charge < -0.3 is 5.32 Å². The third-order valence-electron chi connectivity index (χ3n) is 4.47. The minimum Gasteiger partial charge on any atom is -0.315 e. The Balaban J connectivity index is 0.00000192. The third-order valence-corrected chi connectivity index (χ3v) is 6.38. The quantitative estimate of drug-likeness (QED) is 0.853.